The maximum Gasteiger partial charge on any atom is 0.152 e. The minimum absolute atomic E-state index is 0.290. The lowest BCUT2D eigenvalue weighted by Crippen LogP contribution is -2.34. The van der Waals surface area contributed by atoms with Gasteiger partial charge in [0.2, 0.25) is 0 Å². The standard InChI is InChI=1S/C28H35N5O/c1-31-28(19-32-11-3-2-4-12-32)27(17-30-31)20-5-6-21-16-29-23(14-22(21)13-20)15-26(34)18-33-24-7-8-25(33)10-9-24/h5-6,13-14,16-17,24-25H,2-4,7-12,15,18-19H2,1H3. The second kappa shape index (κ2) is 9.23. The molecule has 6 heteroatoms. The van der Waals surface area contributed by atoms with Crippen molar-refractivity contribution in [3.05, 3.63) is 48.0 Å². The van der Waals surface area contributed by atoms with E-state index < -0.39 is 0 Å². The fourth-order valence-corrected chi connectivity index (χ4v) is 6.41. The number of benzene rings is 1. The van der Waals surface area contributed by atoms with E-state index in [1.165, 1.54) is 74.9 Å². The second-order valence-corrected chi connectivity index (χ2v) is 10.6. The van der Waals surface area contributed by atoms with Gasteiger partial charge in [-0.1, -0.05) is 18.6 Å². The van der Waals surface area contributed by atoms with Crippen LogP contribution in [0.5, 0.6) is 0 Å². The molecule has 0 unspecified atom stereocenters. The van der Waals surface area contributed by atoms with Gasteiger partial charge in [0, 0.05) is 48.5 Å². The average Bonchev–Trinajstić information content (AvgIpc) is 3.54. The molecule has 5 heterocycles. The maximum atomic E-state index is 12.9. The number of pyridine rings is 1. The summed E-state index contributed by atoms with van der Waals surface area (Å²) in [5, 5.41) is 6.84. The quantitative estimate of drug-likeness (QED) is 0.528. The van der Waals surface area contributed by atoms with Crippen molar-refractivity contribution in [1.29, 1.82) is 0 Å². The highest BCUT2D eigenvalue weighted by Crippen LogP contribution is 2.37. The highest BCUT2D eigenvalue weighted by molar-refractivity contribution is 5.89. The van der Waals surface area contributed by atoms with E-state index in [-0.39, 0.29) is 5.78 Å². The van der Waals surface area contributed by atoms with Crippen LogP contribution in [0.4, 0.5) is 0 Å². The number of hydrogen-bond acceptors (Lipinski definition) is 5. The third-order valence-corrected chi connectivity index (χ3v) is 8.31. The zero-order valence-corrected chi connectivity index (χ0v) is 20.2. The summed E-state index contributed by atoms with van der Waals surface area (Å²) >= 11 is 0. The van der Waals surface area contributed by atoms with Gasteiger partial charge in [0.15, 0.2) is 5.78 Å². The van der Waals surface area contributed by atoms with Crippen LogP contribution < -0.4 is 0 Å². The molecule has 0 saturated carbocycles. The van der Waals surface area contributed by atoms with E-state index in [2.05, 4.69) is 44.1 Å². The monoisotopic (exact) mass is 457 g/mol. The van der Waals surface area contributed by atoms with Crippen molar-refractivity contribution >= 4 is 16.6 Å². The van der Waals surface area contributed by atoms with Crippen LogP contribution in [-0.2, 0) is 24.8 Å². The third-order valence-electron chi connectivity index (χ3n) is 8.31. The van der Waals surface area contributed by atoms with Gasteiger partial charge < -0.3 is 0 Å². The molecule has 3 aliphatic heterocycles. The second-order valence-electron chi connectivity index (χ2n) is 10.6. The molecule has 0 atom stereocenters. The minimum atomic E-state index is 0.290. The van der Waals surface area contributed by atoms with Crippen LogP contribution >= 0.6 is 0 Å². The number of aromatic nitrogens is 3. The van der Waals surface area contributed by atoms with Crippen molar-refractivity contribution in [1.82, 2.24) is 24.6 Å². The van der Waals surface area contributed by atoms with Crippen LogP contribution in [-0.4, -0.2) is 62.1 Å². The molecule has 0 amide bonds. The van der Waals surface area contributed by atoms with Crippen LogP contribution in [0, 0.1) is 0 Å². The number of aryl methyl sites for hydroxylation is 1. The topological polar surface area (TPSA) is 54.3 Å². The Morgan fingerprint density at radius 2 is 1.74 bits per heavy atom. The minimum Gasteiger partial charge on any atom is -0.298 e. The lowest BCUT2D eigenvalue weighted by Gasteiger charge is -2.26. The summed E-state index contributed by atoms with van der Waals surface area (Å²) in [4.78, 5) is 22.5. The van der Waals surface area contributed by atoms with Gasteiger partial charge in [-0.2, -0.15) is 5.10 Å². The van der Waals surface area contributed by atoms with Gasteiger partial charge in [-0.05, 0) is 74.7 Å². The van der Waals surface area contributed by atoms with E-state index in [1.807, 2.05) is 24.1 Å². The summed E-state index contributed by atoms with van der Waals surface area (Å²) in [5.41, 5.74) is 4.53. The Morgan fingerprint density at radius 3 is 2.50 bits per heavy atom. The fourth-order valence-electron chi connectivity index (χ4n) is 6.41. The largest absolute Gasteiger partial charge is 0.298 e. The van der Waals surface area contributed by atoms with Crippen molar-refractivity contribution < 1.29 is 4.79 Å². The number of fused-ring (bicyclic) bond motifs is 3. The van der Waals surface area contributed by atoms with Crippen LogP contribution in [0.1, 0.15) is 56.3 Å². The highest BCUT2D eigenvalue weighted by Gasteiger charge is 2.39. The van der Waals surface area contributed by atoms with Crippen LogP contribution in [0.25, 0.3) is 21.9 Å². The number of rotatable bonds is 7. The molecule has 1 aromatic carbocycles. The Balaban J connectivity index is 1.21. The normalized spacial score (nSPS) is 23.2. The number of piperidine rings is 1. The first-order valence-corrected chi connectivity index (χ1v) is 13.0. The van der Waals surface area contributed by atoms with Crippen LogP contribution in [0.2, 0.25) is 0 Å². The summed E-state index contributed by atoms with van der Waals surface area (Å²) in [6, 6.07) is 9.94. The molecule has 6 rings (SSSR count). The summed E-state index contributed by atoms with van der Waals surface area (Å²) in [7, 11) is 2.05. The number of hydrogen-bond donors (Lipinski definition) is 0. The molecule has 2 aromatic heterocycles. The predicted molar refractivity (Wildman–Crippen MR) is 135 cm³/mol. The summed E-state index contributed by atoms with van der Waals surface area (Å²) in [6.45, 7) is 3.87. The van der Waals surface area contributed by atoms with Gasteiger partial charge in [-0.15, -0.1) is 0 Å². The third kappa shape index (κ3) is 4.29. The first-order chi connectivity index (χ1) is 16.6. The van der Waals surface area contributed by atoms with Gasteiger partial charge in [0.1, 0.15) is 0 Å². The van der Waals surface area contributed by atoms with E-state index >= 15 is 0 Å². The van der Waals surface area contributed by atoms with E-state index in [0.717, 1.165) is 23.0 Å². The Morgan fingerprint density at radius 1 is 0.971 bits per heavy atom. The molecule has 34 heavy (non-hydrogen) atoms. The van der Waals surface area contributed by atoms with Crippen molar-refractivity contribution in [3.63, 3.8) is 0 Å². The lowest BCUT2D eigenvalue weighted by atomic mass is 10.0. The number of carbonyl (C=O) groups excluding carboxylic acids is 1. The van der Waals surface area contributed by atoms with Gasteiger partial charge in [0.25, 0.3) is 0 Å². The SMILES string of the molecule is Cn1ncc(-c2ccc3cnc(CC(=O)CN4C5CCC4CC5)cc3c2)c1CN1CCCCC1. The smallest absolute Gasteiger partial charge is 0.152 e. The molecule has 0 spiro atoms. The van der Waals surface area contributed by atoms with Gasteiger partial charge in [0.05, 0.1) is 24.9 Å². The lowest BCUT2D eigenvalue weighted by molar-refractivity contribution is -0.119. The Labute approximate surface area is 201 Å². The molecule has 3 aliphatic rings. The zero-order valence-electron chi connectivity index (χ0n) is 20.2. The van der Waals surface area contributed by atoms with Crippen molar-refractivity contribution in [2.24, 2.45) is 7.05 Å². The molecule has 6 nitrogen and oxygen atoms in total. The summed E-state index contributed by atoms with van der Waals surface area (Å²) < 4.78 is 2.02. The van der Waals surface area contributed by atoms with E-state index in [1.54, 1.807) is 0 Å². The van der Waals surface area contributed by atoms with E-state index in [0.29, 0.717) is 25.0 Å². The molecular weight excluding hydrogens is 422 g/mol. The van der Waals surface area contributed by atoms with Crippen molar-refractivity contribution in [2.45, 2.75) is 70.0 Å². The molecule has 0 N–H and O–H groups in total. The van der Waals surface area contributed by atoms with Gasteiger partial charge >= 0.3 is 0 Å². The predicted octanol–water partition coefficient (Wildman–Crippen LogP) is 4.36. The average molecular weight is 458 g/mol. The fraction of sp³-hybridized carbons (Fsp3) is 0.536. The van der Waals surface area contributed by atoms with Crippen molar-refractivity contribution in [3.8, 4) is 11.1 Å². The number of carbonyl (C=O) groups is 1. The zero-order chi connectivity index (χ0) is 23.1. The maximum absolute atomic E-state index is 12.9. The van der Waals surface area contributed by atoms with Crippen LogP contribution in [0.3, 0.4) is 0 Å². The number of nitrogens with zero attached hydrogens (tertiary/aromatic N) is 5. The Bertz CT molecular complexity index is 1170. The number of likely N-dealkylation sites (tertiary alicyclic amines) is 1. The van der Waals surface area contributed by atoms with Crippen LogP contribution in [0.15, 0.2) is 36.7 Å². The molecule has 2 bridgehead atoms. The Hall–Kier alpha value is -2.57. The number of Topliss-reactive ketones (excluding diaryl/α,β-unsaturated/α-hetero) is 1. The van der Waals surface area contributed by atoms with Crippen molar-refractivity contribution in [2.75, 3.05) is 19.6 Å². The summed E-state index contributed by atoms with van der Waals surface area (Å²) in [6.07, 6.45) is 13.3. The molecule has 3 saturated heterocycles. The van der Waals surface area contributed by atoms with E-state index in [9.17, 15) is 4.79 Å². The molecular formula is C28H35N5O. The van der Waals surface area contributed by atoms with E-state index in [4.69, 9.17) is 0 Å². The first-order valence-electron chi connectivity index (χ1n) is 13.0. The highest BCUT2D eigenvalue weighted by atomic mass is 16.1. The van der Waals surface area contributed by atoms with Gasteiger partial charge in [-0.25, -0.2) is 0 Å². The molecule has 0 aliphatic carbocycles. The Kier molecular flexibility index (Phi) is 5.95. The molecule has 178 valence electrons. The molecule has 3 fully saturated rings. The molecule has 0 radical (unpaired) electrons. The van der Waals surface area contributed by atoms with Gasteiger partial charge in [-0.3, -0.25) is 24.3 Å². The first kappa shape index (κ1) is 21.9. The summed E-state index contributed by atoms with van der Waals surface area (Å²) in [5.74, 6) is 0.290. The molecule has 3 aromatic rings. The number of ketones is 1.